The molecule has 0 spiro atoms. The summed E-state index contributed by atoms with van der Waals surface area (Å²) in [6, 6.07) is 0. The quantitative estimate of drug-likeness (QED) is 0.561. The summed E-state index contributed by atoms with van der Waals surface area (Å²) in [5, 5.41) is 0. The summed E-state index contributed by atoms with van der Waals surface area (Å²) in [5.74, 6) is -0.262. The van der Waals surface area contributed by atoms with Crippen LogP contribution in [0.2, 0.25) is 0 Å². The van der Waals surface area contributed by atoms with Crippen LogP contribution in [0.1, 0.15) is 12.8 Å². The van der Waals surface area contributed by atoms with E-state index in [9.17, 15) is 13.2 Å². The zero-order valence-corrected chi connectivity index (χ0v) is 10.9. The molecule has 12 heavy (non-hydrogen) atoms. The first-order valence-electron chi connectivity index (χ1n) is 3.38. The molecule has 1 saturated carbocycles. The monoisotopic (exact) mass is 366 g/mol. The summed E-state index contributed by atoms with van der Waals surface area (Å²) in [5.41, 5.74) is 0. The Hall–Kier alpha value is 0.830. The third kappa shape index (κ3) is 2.01. The van der Waals surface area contributed by atoms with Crippen molar-refractivity contribution in [2.45, 2.75) is 14.5 Å². The van der Waals surface area contributed by atoms with E-state index in [4.69, 9.17) is 0 Å². The highest BCUT2D eigenvalue weighted by Crippen LogP contribution is 2.43. The fourth-order valence-electron chi connectivity index (χ4n) is 0.766. The van der Waals surface area contributed by atoms with Crippen molar-refractivity contribution in [1.82, 2.24) is 0 Å². The largest absolute Gasteiger partial charge is 0.296 e. The van der Waals surface area contributed by atoms with Crippen molar-refractivity contribution >= 4 is 54.1 Å². The maximum Gasteiger partial charge on any atom is 0.234 e. The molecule has 0 N–H and O–H groups in total. The first-order chi connectivity index (χ1) is 5.27. The van der Waals surface area contributed by atoms with E-state index in [-0.39, 0.29) is 11.7 Å². The van der Waals surface area contributed by atoms with Gasteiger partial charge in [-0.3, -0.25) is 4.79 Å². The smallest absolute Gasteiger partial charge is 0.234 e. The molecular weight excluding hydrogens is 359 g/mol. The molecule has 0 radical (unpaired) electrons. The lowest BCUT2D eigenvalue weighted by atomic mass is 10.3. The second-order valence-electron chi connectivity index (χ2n) is 2.93. The zero-order chi connectivity index (χ0) is 9.57. The van der Waals surface area contributed by atoms with Crippen LogP contribution >= 0.6 is 38.5 Å². The Morgan fingerprint density at radius 2 is 2.00 bits per heavy atom. The molecule has 1 unspecified atom stereocenters. The standard InChI is InChI=1S/C6H8BrIO3S/c1-12(10,11)6(7,8)5(9)4-2-3-4/h4H,2-3H2,1H3. The Balaban J connectivity index is 2.91. The van der Waals surface area contributed by atoms with Gasteiger partial charge < -0.3 is 0 Å². The van der Waals surface area contributed by atoms with Gasteiger partial charge in [-0.1, -0.05) is 0 Å². The number of rotatable bonds is 3. The summed E-state index contributed by atoms with van der Waals surface area (Å²) in [4.78, 5) is 11.4. The lowest BCUT2D eigenvalue weighted by Gasteiger charge is -2.15. The number of hydrogen-bond acceptors (Lipinski definition) is 3. The van der Waals surface area contributed by atoms with Crippen LogP contribution in [0.15, 0.2) is 0 Å². The van der Waals surface area contributed by atoms with Gasteiger partial charge in [-0.05, 0) is 51.4 Å². The number of carbonyl (C=O) groups excluding carboxylic acids is 1. The van der Waals surface area contributed by atoms with Gasteiger partial charge >= 0.3 is 0 Å². The fraction of sp³-hybridized carbons (Fsp3) is 0.833. The Morgan fingerprint density at radius 3 is 2.25 bits per heavy atom. The van der Waals surface area contributed by atoms with Crippen LogP contribution < -0.4 is 0 Å². The molecule has 0 amide bonds. The molecule has 0 heterocycles. The molecule has 0 aromatic heterocycles. The molecule has 1 rings (SSSR count). The average molecular weight is 367 g/mol. The maximum atomic E-state index is 11.4. The molecule has 0 aromatic carbocycles. The molecule has 1 aliphatic rings. The van der Waals surface area contributed by atoms with Crippen LogP contribution in [-0.2, 0) is 14.6 Å². The fourth-order valence-corrected chi connectivity index (χ4v) is 2.06. The van der Waals surface area contributed by atoms with Crippen LogP contribution in [0.3, 0.4) is 0 Å². The highest BCUT2D eigenvalue weighted by atomic mass is 127. The first-order valence-corrected chi connectivity index (χ1v) is 7.15. The van der Waals surface area contributed by atoms with Crippen LogP contribution in [0.4, 0.5) is 0 Å². The van der Waals surface area contributed by atoms with Crippen LogP contribution in [0, 0.1) is 5.92 Å². The predicted octanol–water partition coefficient (Wildman–Crippen LogP) is 1.49. The van der Waals surface area contributed by atoms with E-state index in [0.717, 1.165) is 19.1 Å². The van der Waals surface area contributed by atoms with E-state index in [2.05, 4.69) is 15.9 Å². The highest BCUT2D eigenvalue weighted by Gasteiger charge is 2.49. The SMILES string of the molecule is CS(=O)(=O)C(Br)(I)C(=O)C1CC1. The van der Waals surface area contributed by atoms with Gasteiger partial charge in [0.15, 0.2) is 15.6 Å². The Morgan fingerprint density at radius 1 is 1.58 bits per heavy atom. The lowest BCUT2D eigenvalue weighted by Crippen LogP contribution is -2.34. The summed E-state index contributed by atoms with van der Waals surface area (Å²) < 4.78 is 20.9. The predicted molar refractivity (Wildman–Crippen MR) is 58.3 cm³/mol. The molecule has 0 aromatic rings. The number of ketones is 1. The molecule has 0 saturated heterocycles. The van der Waals surface area contributed by atoms with Crippen LogP contribution in [0.25, 0.3) is 0 Å². The summed E-state index contributed by atoms with van der Waals surface area (Å²) in [6.45, 7) is 0. The average Bonchev–Trinajstić information content (AvgIpc) is 2.64. The topological polar surface area (TPSA) is 51.2 Å². The van der Waals surface area contributed by atoms with Crippen molar-refractivity contribution in [2.24, 2.45) is 5.92 Å². The molecule has 1 aliphatic carbocycles. The van der Waals surface area contributed by atoms with Crippen LogP contribution in [0.5, 0.6) is 0 Å². The van der Waals surface area contributed by atoms with Crippen LogP contribution in [-0.4, -0.2) is 22.1 Å². The van der Waals surface area contributed by atoms with E-state index in [0.29, 0.717) is 0 Å². The Kier molecular flexibility index (Phi) is 2.91. The number of alkyl halides is 2. The van der Waals surface area contributed by atoms with Crippen molar-refractivity contribution in [3.8, 4) is 0 Å². The number of halogens is 2. The van der Waals surface area contributed by atoms with Gasteiger partial charge in [0.05, 0.1) is 0 Å². The minimum absolute atomic E-state index is 0.0454. The molecule has 0 bridgehead atoms. The number of carbonyl (C=O) groups is 1. The van der Waals surface area contributed by atoms with Crippen molar-refractivity contribution in [1.29, 1.82) is 0 Å². The summed E-state index contributed by atoms with van der Waals surface area (Å²) in [6.07, 6.45) is 2.71. The molecule has 1 atom stereocenters. The van der Waals surface area contributed by atoms with Gasteiger partial charge in [0, 0.05) is 12.2 Å². The molecule has 6 heteroatoms. The van der Waals surface area contributed by atoms with E-state index in [1.165, 1.54) is 0 Å². The molecular formula is C6H8BrIO3S. The lowest BCUT2D eigenvalue weighted by molar-refractivity contribution is -0.118. The van der Waals surface area contributed by atoms with Gasteiger partial charge in [0.25, 0.3) is 0 Å². The second kappa shape index (κ2) is 3.20. The van der Waals surface area contributed by atoms with Gasteiger partial charge in [0.1, 0.15) is 0 Å². The van der Waals surface area contributed by atoms with Gasteiger partial charge in [-0.25, -0.2) is 8.42 Å². The number of sulfone groups is 1. The third-order valence-electron chi connectivity index (χ3n) is 1.70. The van der Waals surface area contributed by atoms with Gasteiger partial charge in [-0.15, -0.1) is 0 Å². The van der Waals surface area contributed by atoms with E-state index in [1.54, 1.807) is 22.6 Å². The van der Waals surface area contributed by atoms with Crippen molar-refractivity contribution in [3.05, 3.63) is 0 Å². The minimum Gasteiger partial charge on any atom is -0.296 e. The van der Waals surface area contributed by atoms with Crippen molar-refractivity contribution in [3.63, 3.8) is 0 Å². The number of Topliss-reactive ketones (excluding diaryl/α,β-unsaturated/α-hetero) is 1. The normalized spacial score (nSPS) is 23.2. The first kappa shape index (κ1) is 10.9. The summed E-state index contributed by atoms with van der Waals surface area (Å²) in [7, 11) is -3.35. The highest BCUT2D eigenvalue weighted by molar-refractivity contribution is 14.1. The Labute approximate surface area is 93.5 Å². The van der Waals surface area contributed by atoms with E-state index >= 15 is 0 Å². The second-order valence-corrected chi connectivity index (χ2v) is 10.6. The maximum absolute atomic E-state index is 11.4. The molecule has 1 fully saturated rings. The Bertz CT molecular complexity index is 305. The number of hydrogen-bond donors (Lipinski definition) is 0. The van der Waals surface area contributed by atoms with Crippen molar-refractivity contribution < 1.29 is 13.2 Å². The van der Waals surface area contributed by atoms with Crippen molar-refractivity contribution in [2.75, 3.05) is 6.26 Å². The minimum atomic E-state index is -3.35. The summed E-state index contributed by atoms with van der Waals surface area (Å²) >= 11 is 4.60. The van der Waals surface area contributed by atoms with E-state index < -0.39 is 11.5 Å². The molecule has 0 aliphatic heterocycles. The van der Waals surface area contributed by atoms with Gasteiger partial charge in [0.2, 0.25) is 1.66 Å². The van der Waals surface area contributed by atoms with Gasteiger partial charge in [-0.2, -0.15) is 0 Å². The molecule has 3 nitrogen and oxygen atoms in total. The van der Waals surface area contributed by atoms with E-state index in [1.807, 2.05) is 0 Å². The third-order valence-corrected chi connectivity index (χ3v) is 7.92. The molecule has 70 valence electrons. The zero-order valence-electron chi connectivity index (χ0n) is 6.38.